The van der Waals surface area contributed by atoms with Gasteiger partial charge in [-0.2, -0.15) is 0 Å². The Labute approximate surface area is 112 Å². The summed E-state index contributed by atoms with van der Waals surface area (Å²) in [6, 6.07) is 1.78. The smallest absolute Gasteiger partial charge is 0.229 e. The lowest BCUT2D eigenvalue weighted by molar-refractivity contribution is -0.117. The number of hydrogen-bond acceptors (Lipinski definition) is 2. The fraction of sp³-hybridized carbons (Fsp3) is 0.273. The lowest BCUT2D eigenvalue weighted by Gasteiger charge is -2.16. The fourth-order valence-corrected chi connectivity index (χ4v) is 2.74. The Morgan fingerprint density at radius 3 is 3.00 bits per heavy atom. The second-order valence-corrected chi connectivity index (χ2v) is 5.13. The van der Waals surface area contributed by atoms with Gasteiger partial charge >= 0.3 is 0 Å². The van der Waals surface area contributed by atoms with Gasteiger partial charge in [0.15, 0.2) is 0 Å². The van der Waals surface area contributed by atoms with E-state index >= 15 is 0 Å². The van der Waals surface area contributed by atoms with E-state index in [0.717, 1.165) is 3.57 Å². The zero-order valence-corrected chi connectivity index (χ0v) is 11.2. The SMILES string of the molecule is C#CC1CC(=O)N(c2ncc(Cl)cc2I)C1. The van der Waals surface area contributed by atoms with E-state index in [-0.39, 0.29) is 11.8 Å². The number of anilines is 1. The van der Waals surface area contributed by atoms with Crippen molar-refractivity contribution < 1.29 is 4.79 Å². The molecule has 0 N–H and O–H groups in total. The zero-order chi connectivity index (χ0) is 11.7. The van der Waals surface area contributed by atoms with Crippen LogP contribution in [0.4, 0.5) is 5.82 Å². The molecule has 0 bridgehead atoms. The Bertz CT molecular complexity index is 483. The van der Waals surface area contributed by atoms with E-state index in [9.17, 15) is 4.79 Å². The van der Waals surface area contributed by atoms with Crippen LogP contribution in [0.2, 0.25) is 5.02 Å². The molecule has 1 aromatic rings. The first-order valence-corrected chi connectivity index (χ1v) is 6.15. The number of halogens is 2. The van der Waals surface area contributed by atoms with Crippen molar-refractivity contribution in [3.8, 4) is 12.3 Å². The fourth-order valence-electron chi connectivity index (χ4n) is 1.63. The molecule has 0 aliphatic carbocycles. The predicted molar refractivity (Wildman–Crippen MR) is 71.3 cm³/mol. The van der Waals surface area contributed by atoms with Crippen LogP contribution >= 0.6 is 34.2 Å². The van der Waals surface area contributed by atoms with Crippen molar-refractivity contribution in [2.45, 2.75) is 6.42 Å². The van der Waals surface area contributed by atoms with Crippen LogP contribution in [-0.4, -0.2) is 17.4 Å². The van der Waals surface area contributed by atoms with Crippen LogP contribution in [0, 0.1) is 21.8 Å². The molecule has 16 heavy (non-hydrogen) atoms. The molecule has 0 aromatic carbocycles. The Hall–Kier alpha value is -0.800. The van der Waals surface area contributed by atoms with Crippen molar-refractivity contribution in [3.63, 3.8) is 0 Å². The molecule has 1 amide bonds. The minimum absolute atomic E-state index is 0.0132. The van der Waals surface area contributed by atoms with Crippen molar-refractivity contribution in [2.75, 3.05) is 11.4 Å². The molecule has 1 unspecified atom stereocenters. The van der Waals surface area contributed by atoms with Gasteiger partial charge in [0.25, 0.3) is 0 Å². The number of aromatic nitrogens is 1. The third kappa shape index (κ3) is 2.15. The van der Waals surface area contributed by atoms with Crippen LogP contribution in [0.25, 0.3) is 0 Å². The molecule has 0 spiro atoms. The highest BCUT2D eigenvalue weighted by Crippen LogP contribution is 2.28. The van der Waals surface area contributed by atoms with Gasteiger partial charge < -0.3 is 0 Å². The second-order valence-electron chi connectivity index (χ2n) is 3.53. The Morgan fingerprint density at radius 2 is 2.44 bits per heavy atom. The summed E-state index contributed by atoms with van der Waals surface area (Å²) in [7, 11) is 0. The molecule has 1 atom stereocenters. The summed E-state index contributed by atoms with van der Waals surface area (Å²) < 4.78 is 0.858. The van der Waals surface area contributed by atoms with Gasteiger partial charge in [-0.25, -0.2) is 4.98 Å². The number of amides is 1. The van der Waals surface area contributed by atoms with E-state index in [0.29, 0.717) is 23.8 Å². The van der Waals surface area contributed by atoms with E-state index in [1.54, 1.807) is 11.0 Å². The van der Waals surface area contributed by atoms with Crippen molar-refractivity contribution in [1.29, 1.82) is 0 Å². The van der Waals surface area contributed by atoms with E-state index in [1.807, 2.05) is 0 Å². The van der Waals surface area contributed by atoms with Crippen molar-refractivity contribution in [1.82, 2.24) is 4.98 Å². The van der Waals surface area contributed by atoms with Crippen molar-refractivity contribution >= 4 is 45.9 Å². The molecule has 1 aromatic heterocycles. The maximum absolute atomic E-state index is 11.7. The first-order valence-electron chi connectivity index (χ1n) is 4.69. The summed E-state index contributed by atoms with van der Waals surface area (Å²) in [5.74, 6) is 3.26. The standard InChI is InChI=1S/C11H8ClIN2O/c1-2-7-3-10(16)15(6-7)11-9(13)4-8(12)5-14-11/h1,4-5,7H,3,6H2. The summed E-state index contributed by atoms with van der Waals surface area (Å²) in [5, 5.41) is 0.563. The van der Waals surface area contributed by atoms with Gasteiger partial charge in [-0.15, -0.1) is 12.3 Å². The van der Waals surface area contributed by atoms with Crippen molar-refractivity contribution in [2.24, 2.45) is 5.92 Å². The topological polar surface area (TPSA) is 33.2 Å². The maximum Gasteiger partial charge on any atom is 0.229 e. The monoisotopic (exact) mass is 346 g/mol. The molecule has 82 valence electrons. The number of nitrogens with zero attached hydrogens (tertiary/aromatic N) is 2. The van der Waals surface area contributed by atoms with Gasteiger partial charge in [-0.05, 0) is 28.7 Å². The summed E-state index contributed by atoms with van der Waals surface area (Å²) in [6.07, 6.45) is 7.26. The molecular weight excluding hydrogens is 338 g/mol. The molecule has 1 fully saturated rings. The summed E-state index contributed by atoms with van der Waals surface area (Å²) in [4.78, 5) is 17.5. The first-order chi connectivity index (χ1) is 7.61. The number of hydrogen-bond donors (Lipinski definition) is 0. The van der Waals surface area contributed by atoms with Crippen LogP contribution in [0.5, 0.6) is 0 Å². The van der Waals surface area contributed by atoms with Crippen LogP contribution < -0.4 is 4.90 Å². The lowest BCUT2D eigenvalue weighted by atomic mass is 10.1. The largest absolute Gasteiger partial charge is 0.295 e. The molecule has 0 saturated carbocycles. The zero-order valence-electron chi connectivity index (χ0n) is 8.28. The van der Waals surface area contributed by atoms with Gasteiger partial charge in [0.05, 0.1) is 8.59 Å². The van der Waals surface area contributed by atoms with Gasteiger partial charge in [0, 0.05) is 25.1 Å². The maximum atomic E-state index is 11.7. The molecule has 1 saturated heterocycles. The summed E-state index contributed by atoms with van der Waals surface area (Å²) in [5.41, 5.74) is 0. The third-order valence-electron chi connectivity index (χ3n) is 2.40. The highest BCUT2D eigenvalue weighted by atomic mass is 127. The van der Waals surface area contributed by atoms with Gasteiger partial charge in [-0.3, -0.25) is 9.69 Å². The molecule has 2 rings (SSSR count). The average molecular weight is 347 g/mol. The predicted octanol–water partition coefficient (Wildman–Crippen LogP) is 2.33. The Morgan fingerprint density at radius 1 is 1.69 bits per heavy atom. The quantitative estimate of drug-likeness (QED) is 0.578. The number of pyridine rings is 1. The number of rotatable bonds is 1. The molecule has 0 radical (unpaired) electrons. The second kappa shape index (κ2) is 4.60. The summed E-state index contributed by atoms with van der Waals surface area (Å²) in [6.45, 7) is 0.542. The van der Waals surface area contributed by atoms with Crippen molar-refractivity contribution in [3.05, 3.63) is 20.9 Å². The first kappa shape index (κ1) is 11.7. The van der Waals surface area contributed by atoms with Gasteiger partial charge in [-0.1, -0.05) is 11.6 Å². The van der Waals surface area contributed by atoms with E-state index in [2.05, 4.69) is 33.5 Å². The number of carbonyl (C=O) groups excluding carboxylic acids is 1. The Balaban J connectivity index is 2.32. The minimum atomic E-state index is -0.0132. The molecule has 1 aliphatic heterocycles. The van der Waals surface area contributed by atoms with Gasteiger partial charge in [0.2, 0.25) is 5.91 Å². The summed E-state index contributed by atoms with van der Waals surface area (Å²) >= 11 is 7.93. The van der Waals surface area contributed by atoms with E-state index in [1.165, 1.54) is 6.20 Å². The highest BCUT2D eigenvalue weighted by molar-refractivity contribution is 14.1. The number of terminal acetylenes is 1. The van der Waals surface area contributed by atoms with Crippen LogP contribution in [0.1, 0.15) is 6.42 Å². The van der Waals surface area contributed by atoms with Crippen LogP contribution in [0.3, 0.4) is 0 Å². The van der Waals surface area contributed by atoms with Crippen LogP contribution in [0.15, 0.2) is 12.3 Å². The Kier molecular flexibility index (Phi) is 3.36. The normalized spacial score (nSPS) is 19.9. The highest BCUT2D eigenvalue weighted by Gasteiger charge is 2.31. The lowest BCUT2D eigenvalue weighted by Crippen LogP contribution is -2.26. The average Bonchev–Trinajstić information content (AvgIpc) is 2.60. The van der Waals surface area contributed by atoms with Crippen LogP contribution in [-0.2, 0) is 4.79 Å². The van der Waals surface area contributed by atoms with E-state index in [4.69, 9.17) is 18.0 Å². The molecule has 3 nitrogen and oxygen atoms in total. The molecular formula is C11H8ClIN2O. The number of carbonyl (C=O) groups is 1. The van der Waals surface area contributed by atoms with E-state index < -0.39 is 0 Å². The molecule has 2 heterocycles. The van der Waals surface area contributed by atoms with Gasteiger partial charge in [0.1, 0.15) is 5.82 Å². The molecule has 1 aliphatic rings. The molecule has 5 heteroatoms. The third-order valence-corrected chi connectivity index (χ3v) is 3.41. The minimum Gasteiger partial charge on any atom is -0.295 e.